The largest absolute Gasteiger partial charge is 0.481 e. The number of nitrogens with one attached hydrogen (secondary N) is 1. The number of ether oxygens (including phenoxy) is 1. The zero-order chi connectivity index (χ0) is 36.6. The van der Waals surface area contributed by atoms with Gasteiger partial charge in [0, 0.05) is 37.3 Å². The highest BCUT2D eigenvalue weighted by atomic mass is 28.4. The van der Waals surface area contributed by atoms with Gasteiger partial charge in [-0.3, -0.25) is 19.3 Å². The van der Waals surface area contributed by atoms with Crippen molar-refractivity contribution >= 4 is 43.9 Å². The van der Waals surface area contributed by atoms with Gasteiger partial charge < -0.3 is 19.2 Å². The summed E-state index contributed by atoms with van der Waals surface area (Å²) in [6.45, 7) is 19.4. The number of carbonyl (C=O) groups is 3. The van der Waals surface area contributed by atoms with Gasteiger partial charge in [0.25, 0.3) is 0 Å². The summed E-state index contributed by atoms with van der Waals surface area (Å²) in [4.78, 5) is 45.2. The average Bonchev–Trinajstić information content (AvgIpc) is 3.18. The summed E-state index contributed by atoms with van der Waals surface area (Å²) < 4.78 is 24.9. The number of hydrogen-bond donors (Lipinski definition) is 2. The maximum Gasteiger partial charge on any atom is 0.413 e. The number of fused-ring (bicyclic) bond motifs is 1. The summed E-state index contributed by atoms with van der Waals surface area (Å²) in [6.07, 6.45) is 2.68. The molecule has 9 nitrogen and oxygen atoms in total. The Kier molecular flexibility index (Phi) is 13.5. The molecule has 0 saturated carbocycles. The number of carboxylic acid groups (broad SMARTS) is 1. The zero-order valence-corrected chi connectivity index (χ0v) is 31.6. The molecule has 49 heavy (non-hydrogen) atoms. The molecule has 1 atom stereocenters. The molecule has 1 aliphatic rings. The molecule has 0 bridgehead atoms. The van der Waals surface area contributed by atoms with Gasteiger partial charge in [-0.2, -0.15) is 0 Å². The van der Waals surface area contributed by atoms with Crippen molar-refractivity contribution in [3.8, 4) is 11.1 Å². The summed E-state index contributed by atoms with van der Waals surface area (Å²) in [7, 11) is -1.91. The van der Waals surface area contributed by atoms with Crippen LogP contribution in [-0.2, 0) is 18.8 Å². The maximum atomic E-state index is 14.1. The molecule has 2 aromatic rings. The quantitative estimate of drug-likeness (QED) is 0.160. The Morgan fingerprint density at radius 2 is 1.67 bits per heavy atom. The zero-order valence-electron chi connectivity index (χ0n) is 30.6. The number of amidine groups is 1. The normalized spacial score (nSPS) is 14.2. The molecule has 1 aliphatic heterocycles. The number of benzene rings is 2. The molecule has 0 aliphatic carbocycles. The molecule has 0 aromatic heterocycles. The van der Waals surface area contributed by atoms with Crippen molar-refractivity contribution < 1.29 is 33.0 Å². The summed E-state index contributed by atoms with van der Waals surface area (Å²) in [5.74, 6) is -1.82. The van der Waals surface area contributed by atoms with E-state index in [0.717, 1.165) is 23.1 Å². The Bertz CT molecular complexity index is 1540. The van der Waals surface area contributed by atoms with Crippen molar-refractivity contribution in [2.45, 2.75) is 104 Å². The van der Waals surface area contributed by atoms with Gasteiger partial charge in [0.1, 0.15) is 11.4 Å². The fourth-order valence-electron chi connectivity index (χ4n) is 5.21. The Labute approximate surface area is 292 Å². The Morgan fingerprint density at radius 1 is 1.02 bits per heavy atom. The van der Waals surface area contributed by atoms with Gasteiger partial charge in [-0.1, -0.05) is 64.1 Å². The highest BCUT2D eigenvalue weighted by Crippen LogP contribution is 2.37. The first-order valence-corrected chi connectivity index (χ1v) is 20.0. The summed E-state index contributed by atoms with van der Waals surface area (Å²) >= 11 is 0. The second kappa shape index (κ2) is 16.7. The van der Waals surface area contributed by atoms with Crippen LogP contribution in [0.4, 0.5) is 14.9 Å². The van der Waals surface area contributed by atoms with Crippen LogP contribution in [0.15, 0.2) is 53.0 Å². The number of amides is 2. The van der Waals surface area contributed by atoms with Crippen LogP contribution < -0.4 is 5.32 Å². The van der Waals surface area contributed by atoms with Gasteiger partial charge in [-0.25, -0.2) is 9.79 Å². The van der Waals surface area contributed by atoms with E-state index < -0.39 is 38.6 Å². The molecule has 11 heteroatoms. The maximum absolute atomic E-state index is 14.1. The molecule has 3 rings (SSSR count). The predicted octanol–water partition coefficient (Wildman–Crippen LogP) is 8.87. The Hall–Kier alpha value is -3.83. The van der Waals surface area contributed by atoms with E-state index in [4.69, 9.17) is 14.2 Å². The Balaban J connectivity index is 1.94. The molecule has 1 unspecified atom stereocenters. The van der Waals surface area contributed by atoms with E-state index in [0.29, 0.717) is 42.9 Å². The van der Waals surface area contributed by atoms with Crippen molar-refractivity contribution in [1.82, 2.24) is 10.2 Å². The van der Waals surface area contributed by atoms with Gasteiger partial charge in [-0.15, -0.1) is 0 Å². The minimum Gasteiger partial charge on any atom is -0.481 e. The highest BCUT2D eigenvalue weighted by Gasteiger charge is 2.37. The minimum atomic E-state index is -1.91. The van der Waals surface area contributed by atoms with Crippen LogP contribution >= 0.6 is 0 Å². The van der Waals surface area contributed by atoms with E-state index in [1.807, 2.05) is 36.1 Å². The lowest BCUT2D eigenvalue weighted by Crippen LogP contribution is -2.42. The average molecular weight is 696 g/mol. The van der Waals surface area contributed by atoms with Crippen LogP contribution in [-0.4, -0.2) is 74.1 Å². The topological polar surface area (TPSA) is 118 Å². The standard InChI is InChI=1S/C38H54FN3O6Si/c1-10-20-42(21-11-22-47-49(8,9)38(5,6)7)34(43)30-23-29-17-16-28(26-12-14-27(15-13-26)31(18-19-39)35(44)45)24-32(29)40-33(25-30)41-36(46)48-37(2,3)4/h12-17,23-24,31H,10-11,18-22,25H2,1-9H3,(H,44,45)(H,40,41,46). The smallest absolute Gasteiger partial charge is 0.413 e. The number of rotatable bonds is 13. The summed E-state index contributed by atoms with van der Waals surface area (Å²) in [5, 5.41) is 12.4. The van der Waals surface area contributed by atoms with Crippen LogP contribution in [0.3, 0.4) is 0 Å². The van der Waals surface area contributed by atoms with E-state index >= 15 is 0 Å². The third kappa shape index (κ3) is 11.4. The molecular weight excluding hydrogens is 642 g/mol. The van der Waals surface area contributed by atoms with Gasteiger partial charge in [-0.05, 0) is 87.0 Å². The minimum absolute atomic E-state index is 0.0938. The molecule has 0 saturated heterocycles. The number of nitrogens with zero attached hydrogens (tertiary/aromatic N) is 2. The number of alkyl halides is 1. The van der Waals surface area contributed by atoms with Crippen molar-refractivity contribution in [3.63, 3.8) is 0 Å². The van der Waals surface area contributed by atoms with E-state index in [1.54, 1.807) is 45.0 Å². The van der Waals surface area contributed by atoms with Crippen LogP contribution in [0.1, 0.15) is 91.2 Å². The molecule has 268 valence electrons. The van der Waals surface area contributed by atoms with Crippen molar-refractivity contribution in [2.75, 3.05) is 26.4 Å². The molecule has 0 fully saturated rings. The molecule has 2 amide bonds. The van der Waals surface area contributed by atoms with E-state index in [-0.39, 0.29) is 29.6 Å². The number of halogens is 1. The van der Waals surface area contributed by atoms with Crippen molar-refractivity contribution in [2.24, 2.45) is 4.99 Å². The van der Waals surface area contributed by atoms with Gasteiger partial charge in [0.05, 0.1) is 18.3 Å². The Morgan fingerprint density at radius 3 is 2.24 bits per heavy atom. The molecule has 0 radical (unpaired) electrons. The summed E-state index contributed by atoms with van der Waals surface area (Å²) in [6, 6.07) is 12.7. The number of aliphatic imine (C=N–C) groups is 1. The second-order valence-corrected chi connectivity index (χ2v) is 19.9. The number of aliphatic carboxylic acids is 1. The van der Waals surface area contributed by atoms with E-state index in [9.17, 15) is 23.9 Å². The van der Waals surface area contributed by atoms with Crippen LogP contribution in [0, 0.1) is 0 Å². The SMILES string of the molecule is CCCN(CCCO[Si](C)(C)C(C)(C)C)C(=O)C1=Cc2ccc(-c3ccc(C(CCF)C(=O)O)cc3)cc2N=C(NC(=O)OC(C)(C)C)C1. The fraction of sp³-hybridized carbons (Fsp3) is 0.526. The number of hydrogen-bond acceptors (Lipinski definition) is 6. The van der Waals surface area contributed by atoms with Crippen molar-refractivity contribution in [3.05, 3.63) is 59.2 Å². The molecule has 2 aromatic carbocycles. The van der Waals surface area contributed by atoms with Gasteiger partial charge in [0.2, 0.25) is 5.91 Å². The van der Waals surface area contributed by atoms with Gasteiger partial charge in [0.15, 0.2) is 8.32 Å². The lowest BCUT2D eigenvalue weighted by Gasteiger charge is -2.36. The molecular formula is C38H54FN3O6Si. The van der Waals surface area contributed by atoms with E-state index in [1.165, 1.54) is 0 Å². The number of carbonyl (C=O) groups excluding carboxylic acids is 2. The van der Waals surface area contributed by atoms with Gasteiger partial charge >= 0.3 is 12.1 Å². The lowest BCUT2D eigenvalue weighted by atomic mass is 9.93. The number of alkyl carbamates (subject to hydrolysis) is 1. The third-order valence-electron chi connectivity index (χ3n) is 8.86. The second-order valence-electron chi connectivity index (χ2n) is 15.1. The molecule has 0 spiro atoms. The highest BCUT2D eigenvalue weighted by molar-refractivity contribution is 6.74. The van der Waals surface area contributed by atoms with Crippen LogP contribution in [0.2, 0.25) is 18.1 Å². The molecule has 1 heterocycles. The van der Waals surface area contributed by atoms with E-state index in [2.05, 4.69) is 39.2 Å². The first-order valence-electron chi connectivity index (χ1n) is 17.1. The first-order chi connectivity index (χ1) is 22.8. The predicted molar refractivity (Wildman–Crippen MR) is 197 cm³/mol. The lowest BCUT2D eigenvalue weighted by molar-refractivity contribution is -0.139. The van der Waals surface area contributed by atoms with Crippen LogP contribution in [0.5, 0.6) is 0 Å². The van der Waals surface area contributed by atoms with Crippen LogP contribution in [0.25, 0.3) is 17.2 Å². The van der Waals surface area contributed by atoms with Crippen molar-refractivity contribution in [1.29, 1.82) is 0 Å². The number of carboxylic acids is 1. The first kappa shape index (κ1) is 39.6. The monoisotopic (exact) mass is 695 g/mol. The fourth-order valence-corrected chi connectivity index (χ4v) is 6.30. The molecule has 2 N–H and O–H groups in total. The third-order valence-corrected chi connectivity index (χ3v) is 13.4. The summed E-state index contributed by atoms with van der Waals surface area (Å²) in [5.41, 5.74) is 3.19.